The first-order valence-corrected chi connectivity index (χ1v) is 8.35. The summed E-state index contributed by atoms with van der Waals surface area (Å²) in [6.07, 6.45) is 9.44. The highest BCUT2D eigenvalue weighted by Gasteiger charge is 2.39. The second-order valence-corrected chi connectivity index (χ2v) is 6.87. The highest BCUT2D eigenvalue weighted by atomic mass is 16.5. The van der Waals surface area contributed by atoms with Crippen LogP contribution in [0.15, 0.2) is 0 Å². The Morgan fingerprint density at radius 1 is 0.950 bits per heavy atom. The van der Waals surface area contributed by atoms with Crippen molar-refractivity contribution in [1.29, 1.82) is 0 Å². The van der Waals surface area contributed by atoms with Gasteiger partial charge in [-0.25, -0.2) is 0 Å². The van der Waals surface area contributed by atoms with Crippen molar-refractivity contribution in [1.82, 2.24) is 9.80 Å². The van der Waals surface area contributed by atoms with E-state index in [0.717, 1.165) is 39.4 Å². The molecule has 4 nitrogen and oxygen atoms in total. The van der Waals surface area contributed by atoms with E-state index in [2.05, 4.69) is 9.80 Å². The van der Waals surface area contributed by atoms with E-state index < -0.39 is 0 Å². The largest absolute Gasteiger partial charge is 0.379 e. The number of ether oxygens (including phenoxy) is 1. The van der Waals surface area contributed by atoms with Crippen LogP contribution in [0.25, 0.3) is 0 Å². The van der Waals surface area contributed by atoms with Gasteiger partial charge in [-0.15, -0.1) is 0 Å². The summed E-state index contributed by atoms with van der Waals surface area (Å²) in [6, 6.07) is 0. The molecule has 0 atom stereocenters. The molecule has 1 amide bonds. The van der Waals surface area contributed by atoms with Gasteiger partial charge in [-0.3, -0.25) is 9.69 Å². The summed E-state index contributed by atoms with van der Waals surface area (Å²) in [6.45, 7) is 5.97. The predicted octanol–water partition coefficient (Wildman–Crippen LogP) is 1.89. The van der Waals surface area contributed by atoms with Crippen LogP contribution in [-0.4, -0.2) is 61.6 Å². The number of carbonyl (C=O) groups is 1. The third-order valence-electron chi connectivity index (χ3n) is 5.42. The fourth-order valence-corrected chi connectivity index (χ4v) is 4.09. The Kier molecular flexibility index (Phi) is 4.61. The fraction of sp³-hybridized carbons (Fsp3) is 0.938. The zero-order valence-electron chi connectivity index (χ0n) is 12.6. The van der Waals surface area contributed by atoms with Crippen molar-refractivity contribution < 1.29 is 9.53 Å². The molecule has 1 saturated carbocycles. The number of amides is 1. The van der Waals surface area contributed by atoms with Crippen LogP contribution < -0.4 is 0 Å². The van der Waals surface area contributed by atoms with Crippen LogP contribution in [0.4, 0.5) is 0 Å². The molecule has 20 heavy (non-hydrogen) atoms. The zero-order valence-corrected chi connectivity index (χ0v) is 12.6. The van der Waals surface area contributed by atoms with Crippen molar-refractivity contribution in [2.45, 2.75) is 44.9 Å². The van der Waals surface area contributed by atoms with Crippen molar-refractivity contribution in [3.8, 4) is 0 Å². The minimum Gasteiger partial charge on any atom is -0.379 e. The summed E-state index contributed by atoms with van der Waals surface area (Å²) < 4.78 is 5.34. The average Bonchev–Trinajstić information content (AvgIpc) is 2.74. The normalized spacial score (nSPS) is 27.7. The molecule has 4 heteroatoms. The monoisotopic (exact) mass is 280 g/mol. The smallest absolute Gasteiger partial charge is 0.236 e. The Bertz CT molecular complexity index is 331. The molecule has 0 aromatic heterocycles. The summed E-state index contributed by atoms with van der Waals surface area (Å²) in [4.78, 5) is 16.8. The summed E-state index contributed by atoms with van der Waals surface area (Å²) >= 11 is 0. The molecule has 1 aliphatic carbocycles. The number of carbonyl (C=O) groups excluding carboxylic acids is 1. The number of hydrogen-bond donors (Lipinski definition) is 0. The van der Waals surface area contributed by atoms with Crippen LogP contribution in [0.5, 0.6) is 0 Å². The molecule has 1 spiro atoms. The molecule has 0 aromatic carbocycles. The van der Waals surface area contributed by atoms with E-state index in [-0.39, 0.29) is 0 Å². The molecule has 114 valence electrons. The van der Waals surface area contributed by atoms with Crippen molar-refractivity contribution >= 4 is 5.91 Å². The third kappa shape index (κ3) is 3.34. The Morgan fingerprint density at radius 3 is 2.35 bits per heavy atom. The van der Waals surface area contributed by atoms with Crippen molar-refractivity contribution in [2.75, 3.05) is 45.9 Å². The lowest BCUT2D eigenvalue weighted by Gasteiger charge is -2.30. The predicted molar refractivity (Wildman–Crippen MR) is 78.6 cm³/mol. The van der Waals surface area contributed by atoms with Crippen LogP contribution in [0.1, 0.15) is 44.9 Å². The van der Waals surface area contributed by atoms with Crippen LogP contribution in [0, 0.1) is 5.41 Å². The summed E-state index contributed by atoms with van der Waals surface area (Å²) in [5.41, 5.74) is 0.469. The van der Waals surface area contributed by atoms with E-state index in [9.17, 15) is 4.79 Å². The molecule has 0 aromatic rings. The van der Waals surface area contributed by atoms with Gasteiger partial charge in [0, 0.05) is 26.2 Å². The summed E-state index contributed by atoms with van der Waals surface area (Å²) in [7, 11) is 0. The fourth-order valence-electron chi connectivity index (χ4n) is 4.09. The molecule has 2 aliphatic heterocycles. The lowest BCUT2D eigenvalue weighted by Crippen LogP contribution is -2.44. The molecule has 0 bridgehead atoms. The molecule has 3 fully saturated rings. The molecule has 0 radical (unpaired) electrons. The van der Waals surface area contributed by atoms with Crippen molar-refractivity contribution in [3.63, 3.8) is 0 Å². The Labute approximate surface area is 122 Å². The maximum atomic E-state index is 12.5. The van der Waals surface area contributed by atoms with Gasteiger partial charge in [0.05, 0.1) is 19.8 Å². The van der Waals surface area contributed by atoms with Gasteiger partial charge in [0.15, 0.2) is 0 Å². The first-order valence-electron chi connectivity index (χ1n) is 8.35. The van der Waals surface area contributed by atoms with E-state index >= 15 is 0 Å². The maximum Gasteiger partial charge on any atom is 0.236 e. The molecular formula is C16H28N2O2. The summed E-state index contributed by atoms with van der Waals surface area (Å²) in [5.74, 6) is 0.341. The SMILES string of the molecule is O=C(CN1CCOCC1)N1CCC2(CCCCCC2)C1. The minimum absolute atomic E-state index is 0.341. The standard InChI is InChI=1S/C16H28N2O2/c19-15(13-17-9-11-20-12-10-17)18-8-7-16(14-18)5-3-1-2-4-6-16/h1-14H2. The topological polar surface area (TPSA) is 32.8 Å². The second kappa shape index (κ2) is 6.44. The van der Waals surface area contributed by atoms with Gasteiger partial charge in [0.25, 0.3) is 0 Å². The van der Waals surface area contributed by atoms with E-state index in [4.69, 9.17) is 4.74 Å². The molecule has 3 rings (SSSR count). The maximum absolute atomic E-state index is 12.5. The number of rotatable bonds is 2. The van der Waals surface area contributed by atoms with Gasteiger partial charge in [-0.05, 0) is 24.7 Å². The van der Waals surface area contributed by atoms with E-state index in [1.54, 1.807) is 0 Å². The lowest BCUT2D eigenvalue weighted by atomic mass is 9.80. The van der Waals surface area contributed by atoms with Crippen LogP contribution in [-0.2, 0) is 9.53 Å². The van der Waals surface area contributed by atoms with Crippen LogP contribution in [0.2, 0.25) is 0 Å². The number of hydrogen-bond acceptors (Lipinski definition) is 3. The number of likely N-dealkylation sites (tertiary alicyclic amines) is 1. The van der Waals surface area contributed by atoms with Crippen LogP contribution >= 0.6 is 0 Å². The second-order valence-electron chi connectivity index (χ2n) is 6.87. The average molecular weight is 280 g/mol. The van der Waals surface area contributed by atoms with Gasteiger partial charge in [-0.2, -0.15) is 0 Å². The third-order valence-corrected chi connectivity index (χ3v) is 5.42. The molecule has 0 N–H and O–H groups in total. The zero-order chi connectivity index (χ0) is 13.8. The Hall–Kier alpha value is -0.610. The molecule has 2 saturated heterocycles. The highest BCUT2D eigenvalue weighted by molar-refractivity contribution is 5.78. The van der Waals surface area contributed by atoms with E-state index in [1.807, 2.05) is 0 Å². The van der Waals surface area contributed by atoms with Gasteiger partial charge >= 0.3 is 0 Å². The quantitative estimate of drug-likeness (QED) is 0.774. The number of morpholine rings is 1. The van der Waals surface area contributed by atoms with Crippen molar-refractivity contribution in [3.05, 3.63) is 0 Å². The molecule has 3 aliphatic rings. The Balaban J connectivity index is 1.51. The number of nitrogens with zero attached hydrogens (tertiary/aromatic N) is 2. The van der Waals surface area contributed by atoms with E-state index in [0.29, 0.717) is 17.9 Å². The minimum atomic E-state index is 0.341. The summed E-state index contributed by atoms with van der Waals surface area (Å²) in [5, 5.41) is 0. The molecular weight excluding hydrogens is 252 g/mol. The lowest BCUT2D eigenvalue weighted by molar-refractivity contribution is -0.132. The van der Waals surface area contributed by atoms with E-state index in [1.165, 1.54) is 44.9 Å². The van der Waals surface area contributed by atoms with Gasteiger partial charge < -0.3 is 9.64 Å². The Morgan fingerprint density at radius 2 is 1.65 bits per heavy atom. The van der Waals surface area contributed by atoms with Crippen LogP contribution in [0.3, 0.4) is 0 Å². The molecule has 2 heterocycles. The van der Waals surface area contributed by atoms with Gasteiger partial charge in [0.2, 0.25) is 5.91 Å². The highest BCUT2D eigenvalue weighted by Crippen LogP contribution is 2.42. The van der Waals surface area contributed by atoms with Gasteiger partial charge in [-0.1, -0.05) is 25.7 Å². The van der Waals surface area contributed by atoms with Gasteiger partial charge in [0.1, 0.15) is 0 Å². The first-order chi connectivity index (χ1) is 9.77. The van der Waals surface area contributed by atoms with Crippen molar-refractivity contribution in [2.24, 2.45) is 5.41 Å². The first kappa shape index (κ1) is 14.3. The molecule has 0 unspecified atom stereocenters.